The summed E-state index contributed by atoms with van der Waals surface area (Å²) in [6.45, 7) is -0.454. The Labute approximate surface area is 108 Å². The molecule has 1 atom stereocenters. The van der Waals surface area contributed by atoms with Gasteiger partial charge in [0, 0.05) is 0 Å². The van der Waals surface area contributed by atoms with Gasteiger partial charge in [0.15, 0.2) is 0 Å². The van der Waals surface area contributed by atoms with Gasteiger partial charge in [0.2, 0.25) is 0 Å². The van der Waals surface area contributed by atoms with Gasteiger partial charge in [0.25, 0.3) is 0 Å². The van der Waals surface area contributed by atoms with Crippen LogP contribution in [-0.2, 0) is 4.79 Å². The van der Waals surface area contributed by atoms with Gasteiger partial charge in [-0.05, 0) is 68.1 Å². The fourth-order valence-corrected chi connectivity index (χ4v) is 5.37. The minimum absolute atomic E-state index is 0.102. The molecule has 1 unspecified atom stereocenters. The zero-order chi connectivity index (χ0) is 13.0. The van der Waals surface area contributed by atoms with Crippen molar-refractivity contribution in [3.8, 4) is 0 Å². The number of aliphatic carboxylic acids is 1. The van der Waals surface area contributed by atoms with E-state index in [0.717, 1.165) is 37.0 Å². The second-order valence-corrected chi connectivity index (χ2v) is 7.21. The molecular weight excluding hydrogens is 230 g/mol. The van der Waals surface area contributed by atoms with Crippen LogP contribution in [0.2, 0.25) is 0 Å². The van der Waals surface area contributed by atoms with Crippen molar-refractivity contribution in [1.82, 2.24) is 0 Å². The Balaban J connectivity index is 1.81. The van der Waals surface area contributed by atoms with Gasteiger partial charge < -0.3 is 15.9 Å². The highest BCUT2D eigenvalue weighted by Crippen LogP contribution is 2.62. The molecule has 0 aromatic heterocycles. The van der Waals surface area contributed by atoms with E-state index in [1.165, 1.54) is 19.3 Å². The SMILES string of the molecule is NC(CO)(CC12CC3CC(CC(C3)C1)C2)C(=O)O. The van der Waals surface area contributed by atoms with Crippen LogP contribution in [0.5, 0.6) is 0 Å². The summed E-state index contributed by atoms with van der Waals surface area (Å²) in [7, 11) is 0. The normalized spacial score (nSPS) is 44.9. The van der Waals surface area contributed by atoms with E-state index in [1.807, 2.05) is 0 Å². The Morgan fingerprint density at radius 1 is 1.17 bits per heavy atom. The number of carboxylic acids is 1. The van der Waals surface area contributed by atoms with Crippen LogP contribution in [0.25, 0.3) is 0 Å². The molecule has 0 saturated heterocycles. The summed E-state index contributed by atoms with van der Waals surface area (Å²) >= 11 is 0. The minimum atomic E-state index is -1.44. The number of aliphatic hydroxyl groups is 1. The lowest BCUT2D eigenvalue weighted by atomic mass is 9.47. The molecule has 102 valence electrons. The van der Waals surface area contributed by atoms with E-state index in [0.29, 0.717) is 6.42 Å². The maximum Gasteiger partial charge on any atom is 0.326 e. The maximum atomic E-state index is 11.3. The Hall–Kier alpha value is -0.610. The third-order valence-electron chi connectivity index (χ3n) is 5.56. The number of aliphatic hydroxyl groups excluding tert-OH is 1. The molecule has 18 heavy (non-hydrogen) atoms. The second kappa shape index (κ2) is 3.94. The first-order chi connectivity index (χ1) is 8.45. The number of hydrogen-bond donors (Lipinski definition) is 3. The van der Waals surface area contributed by atoms with Crippen molar-refractivity contribution in [2.24, 2.45) is 28.9 Å². The van der Waals surface area contributed by atoms with Crippen molar-refractivity contribution < 1.29 is 15.0 Å². The van der Waals surface area contributed by atoms with Crippen LogP contribution in [0.1, 0.15) is 44.9 Å². The highest BCUT2D eigenvalue weighted by atomic mass is 16.4. The molecule has 0 aromatic carbocycles. The quantitative estimate of drug-likeness (QED) is 0.706. The Morgan fingerprint density at radius 3 is 1.94 bits per heavy atom. The van der Waals surface area contributed by atoms with Crippen molar-refractivity contribution >= 4 is 5.97 Å². The first-order valence-electron chi connectivity index (χ1n) is 7.08. The summed E-state index contributed by atoms with van der Waals surface area (Å²) in [5.74, 6) is 1.30. The lowest BCUT2D eigenvalue weighted by Gasteiger charge is -2.58. The molecule has 4 fully saturated rings. The molecule has 4 saturated carbocycles. The van der Waals surface area contributed by atoms with E-state index in [-0.39, 0.29) is 5.41 Å². The number of nitrogens with two attached hydrogens (primary N) is 1. The van der Waals surface area contributed by atoms with E-state index < -0.39 is 18.1 Å². The third kappa shape index (κ3) is 1.86. The van der Waals surface area contributed by atoms with Crippen LogP contribution < -0.4 is 5.73 Å². The lowest BCUT2D eigenvalue weighted by Crippen LogP contribution is -2.58. The number of rotatable bonds is 4. The average Bonchev–Trinajstić information content (AvgIpc) is 2.25. The summed E-state index contributed by atoms with van der Waals surface area (Å²) in [5, 5.41) is 18.6. The highest BCUT2D eigenvalue weighted by Gasteiger charge is 2.54. The lowest BCUT2D eigenvalue weighted by molar-refractivity contribution is -0.150. The minimum Gasteiger partial charge on any atom is -0.480 e. The predicted molar refractivity (Wildman–Crippen MR) is 66.9 cm³/mol. The molecule has 0 spiro atoms. The largest absolute Gasteiger partial charge is 0.480 e. The van der Waals surface area contributed by atoms with Crippen molar-refractivity contribution in [2.75, 3.05) is 6.61 Å². The van der Waals surface area contributed by atoms with Gasteiger partial charge in [-0.2, -0.15) is 0 Å². The molecule has 4 bridgehead atoms. The Bertz CT molecular complexity index is 333. The van der Waals surface area contributed by atoms with Gasteiger partial charge in [0.05, 0.1) is 6.61 Å². The van der Waals surface area contributed by atoms with Crippen LogP contribution in [0.3, 0.4) is 0 Å². The van der Waals surface area contributed by atoms with Gasteiger partial charge in [-0.25, -0.2) is 0 Å². The molecule has 4 heteroatoms. The fraction of sp³-hybridized carbons (Fsp3) is 0.929. The van der Waals surface area contributed by atoms with E-state index >= 15 is 0 Å². The first-order valence-corrected chi connectivity index (χ1v) is 7.08. The number of carbonyl (C=O) groups is 1. The molecule has 0 heterocycles. The zero-order valence-electron chi connectivity index (χ0n) is 10.8. The van der Waals surface area contributed by atoms with Crippen LogP contribution in [-0.4, -0.2) is 28.3 Å². The summed E-state index contributed by atoms with van der Waals surface area (Å²) in [6, 6.07) is 0. The summed E-state index contributed by atoms with van der Waals surface area (Å²) < 4.78 is 0. The van der Waals surface area contributed by atoms with Crippen molar-refractivity contribution in [3.63, 3.8) is 0 Å². The smallest absolute Gasteiger partial charge is 0.326 e. The van der Waals surface area contributed by atoms with Crippen molar-refractivity contribution in [2.45, 2.75) is 50.5 Å². The van der Waals surface area contributed by atoms with Crippen LogP contribution in [0, 0.1) is 23.2 Å². The van der Waals surface area contributed by atoms with Crippen LogP contribution in [0.15, 0.2) is 0 Å². The molecule has 0 aliphatic heterocycles. The molecule has 0 radical (unpaired) electrons. The summed E-state index contributed by atoms with van der Waals surface area (Å²) in [4.78, 5) is 11.3. The first kappa shape index (κ1) is 12.4. The van der Waals surface area contributed by atoms with Gasteiger partial charge in [-0.1, -0.05) is 0 Å². The molecule has 0 amide bonds. The van der Waals surface area contributed by atoms with E-state index in [9.17, 15) is 15.0 Å². The fourth-order valence-electron chi connectivity index (χ4n) is 5.37. The van der Waals surface area contributed by atoms with Crippen LogP contribution >= 0.6 is 0 Å². The second-order valence-electron chi connectivity index (χ2n) is 7.21. The van der Waals surface area contributed by atoms with Gasteiger partial charge in [-0.15, -0.1) is 0 Å². The maximum absolute atomic E-state index is 11.3. The standard InChI is InChI=1S/C14H23NO3/c15-14(8-16,12(17)18)7-13-4-9-1-10(5-13)3-11(2-9)6-13/h9-11,16H,1-8,15H2,(H,17,18). The van der Waals surface area contributed by atoms with E-state index in [4.69, 9.17) is 5.73 Å². The Kier molecular flexibility index (Phi) is 2.72. The molecule has 4 nitrogen and oxygen atoms in total. The highest BCUT2D eigenvalue weighted by molar-refractivity contribution is 5.78. The summed E-state index contributed by atoms with van der Waals surface area (Å²) in [6.07, 6.45) is 7.85. The number of hydrogen-bond acceptors (Lipinski definition) is 3. The molecule has 4 aliphatic rings. The van der Waals surface area contributed by atoms with Gasteiger partial charge in [0.1, 0.15) is 5.54 Å². The summed E-state index contributed by atoms with van der Waals surface area (Å²) in [5.41, 5.74) is 4.57. The van der Waals surface area contributed by atoms with E-state index in [2.05, 4.69) is 0 Å². The van der Waals surface area contributed by atoms with Crippen molar-refractivity contribution in [3.05, 3.63) is 0 Å². The zero-order valence-corrected chi connectivity index (χ0v) is 10.8. The molecular formula is C14H23NO3. The third-order valence-corrected chi connectivity index (χ3v) is 5.56. The monoisotopic (exact) mass is 253 g/mol. The molecule has 0 aromatic rings. The number of carboxylic acid groups (broad SMARTS) is 1. The topological polar surface area (TPSA) is 83.5 Å². The van der Waals surface area contributed by atoms with Gasteiger partial charge in [-0.3, -0.25) is 4.79 Å². The molecule has 4 aliphatic carbocycles. The van der Waals surface area contributed by atoms with Crippen LogP contribution in [0.4, 0.5) is 0 Å². The predicted octanol–water partition coefficient (Wildman–Crippen LogP) is 1.37. The van der Waals surface area contributed by atoms with Crippen molar-refractivity contribution in [1.29, 1.82) is 0 Å². The molecule has 4 rings (SSSR count). The van der Waals surface area contributed by atoms with E-state index in [1.54, 1.807) is 0 Å². The molecule has 4 N–H and O–H groups in total. The van der Waals surface area contributed by atoms with Gasteiger partial charge >= 0.3 is 5.97 Å². The Morgan fingerprint density at radius 2 is 1.61 bits per heavy atom. The average molecular weight is 253 g/mol.